The normalized spacial score (nSPS) is 11.6. The smallest absolute Gasteiger partial charge is 0.236 e. The lowest BCUT2D eigenvalue weighted by Gasteiger charge is -2.10. The van der Waals surface area contributed by atoms with E-state index in [1.807, 2.05) is 26.2 Å². The van der Waals surface area contributed by atoms with Crippen LogP contribution >= 0.6 is 23.1 Å². The van der Waals surface area contributed by atoms with Gasteiger partial charge in [0.05, 0.1) is 18.1 Å². The largest absolute Gasteiger partial charge is 0.350 e. The van der Waals surface area contributed by atoms with E-state index >= 15 is 0 Å². The van der Waals surface area contributed by atoms with Gasteiger partial charge in [0.15, 0.2) is 5.82 Å². The topological polar surface area (TPSA) is 68.0 Å². The van der Waals surface area contributed by atoms with Gasteiger partial charge in [-0.25, -0.2) is 0 Å². The molecule has 0 radical (unpaired) electrons. The Morgan fingerprint density at radius 2 is 2.23 bits per heavy atom. The first kappa shape index (κ1) is 17.0. The molecule has 0 unspecified atom stereocenters. The number of carbonyl (C=O) groups excluding carboxylic acids is 1. The second kappa shape index (κ2) is 7.28. The number of thioether (sulfide) groups is 1. The molecule has 2 heterocycles. The van der Waals surface area contributed by atoms with E-state index < -0.39 is 0 Å². The van der Waals surface area contributed by atoms with Crippen LogP contribution in [0.1, 0.15) is 42.9 Å². The number of thiophene rings is 1. The van der Waals surface area contributed by atoms with Gasteiger partial charge in [0.2, 0.25) is 11.8 Å². The minimum absolute atomic E-state index is 0.0216. The second-order valence-electron chi connectivity index (χ2n) is 6.06. The Balaban J connectivity index is 1.71. The molecule has 22 heavy (non-hydrogen) atoms. The highest BCUT2D eigenvalue weighted by molar-refractivity contribution is 7.99. The number of nitrogens with zero attached hydrogens (tertiary/aromatic N) is 2. The molecule has 2 aromatic heterocycles. The number of rotatable bonds is 6. The quantitative estimate of drug-likeness (QED) is 0.874. The minimum atomic E-state index is -0.123. The minimum Gasteiger partial charge on any atom is -0.350 e. The first-order valence-electron chi connectivity index (χ1n) is 7.07. The Bertz CT molecular complexity index is 629. The molecule has 0 spiro atoms. The van der Waals surface area contributed by atoms with Gasteiger partial charge in [-0.05, 0) is 23.9 Å². The predicted octanol–water partition coefficient (Wildman–Crippen LogP) is 3.29. The van der Waals surface area contributed by atoms with Gasteiger partial charge in [0.25, 0.3) is 0 Å². The molecule has 0 saturated carbocycles. The van der Waals surface area contributed by atoms with E-state index in [0.29, 0.717) is 29.8 Å². The SMILES string of the molecule is Cc1ccsc1CNC(=O)CSCc1nc(C(C)(C)C)no1. The summed E-state index contributed by atoms with van der Waals surface area (Å²) >= 11 is 3.14. The Morgan fingerprint density at radius 1 is 1.45 bits per heavy atom. The number of aryl methyl sites for hydroxylation is 1. The van der Waals surface area contributed by atoms with E-state index in [1.54, 1.807) is 11.3 Å². The van der Waals surface area contributed by atoms with Crippen LogP contribution in [0.5, 0.6) is 0 Å². The van der Waals surface area contributed by atoms with Crippen molar-refractivity contribution < 1.29 is 9.32 Å². The number of hydrogen-bond donors (Lipinski definition) is 1. The summed E-state index contributed by atoms with van der Waals surface area (Å²) in [5.74, 6) is 2.22. The lowest BCUT2D eigenvalue weighted by Crippen LogP contribution is -2.24. The van der Waals surface area contributed by atoms with Crippen molar-refractivity contribution in [1.82, 2.24) is 15.5 Å². The van der Waals surface area contributed by atoms with Crippen LogP contribution in [0.3, 0.4) is 0 Å². The van der Waals surface area contributed by atoms with E-state index in [-0.39, 0.29) is 11.3 Å². The van der Waals surface area contributed by atoms with Crippen molar-refractivity contribution in [1.29, 1.82) is 0 Å². The maximum Gasteiger partial charge on any atom is 0.236 e. The summed E-state index contributed by atoms with van der Waals surface area (Å²) in [5, 5.41) is 8.93. The van der Waals surface area contributed by atoms with E-state index in [0.717, 1.165) is 0 Å². The summed E-state index contributed by atoms with van der Waals surface area (Å²) < 4.78 is 5.20. The molecule has 7 heteroatoms. The number of hydrogen-bond acceptors (Lipinski definition) is 6. The first-order chi connectivity index (χ1) is 10.4. The van der Waals surface area contributed by atoms with Crippen molar-refractivity contribution in [2.24, 2.45) is 0 Å². The summed E-state index contributed by atoms with van der Waals surface area (Å²) in [5.41, 5.74) is 1.10. The Labute approximate surface area is 138 Å². The zero-order chi connectivity index (χ0) is 16.2. The van der Waals surface area contributed by atoms with Crippen LogP contribution in [0, 0.1) is 6.92 Å². The molecule has 5 nitrogen and oxygen atoms in total. The van der Waals surface area contributed by atoms with E-state index in [1.165, 1.54) is 22.2 Å². The average Bonchev–Trinajstić information content (AvgIpc) is 3.05. The maximum atomic E-state index is 11.8. The standard InChI is InChI=1S/C15H21N3O2S2/c1-10-5-6-22-11(10)7-16-12(19)8-21-9-13-17-14(18-20-13)15(2,3)4/h5-6H,7-9H2,1-4H3,(H,16,19). The van der Waals surface area contributed by atoms with Crippen LogP contribution < -0.4 is 5.32 Å². The maximum absolute atomic E-state index is 11.8. The lowest BCUT2D eigenvalue weighted by atomic mass is 9.96. The van der Waals surface area contributed by atoms with Crippen LogP contribution in [-0.4, -0.2) is 21.8 Å². The van der Waals surface area contributed by atoms with Crippen molar-refractivity contribution in [2.75, 3.05) is 5.75 Å². The summed E-state index contributed by atoms with van der Waals surface area (Å²) in [6.45, 7) is 8.76. The highest BCUT2D eigenvalue weighted by Crippen LogP contribution is 2.20. The van der Waals surface area contributed by atoms with Gasteiger partial charge in [0.1, 0.15) is 0 Å². The lowest BCUT2D eigenvalue weighted by molar-refractivity contribution is -0.118. The van der Waals surface area contributed by atoms with Gasteiger partial charge < -0.3 is 9.84 Å². The third-order valence-corrected chi connectivity index (χ3v) is 4.95. The third kappa shape index (κ3) is 4.84. The molecular formula is C15H21N3O2S2. The predicted molar refractivity (Wildman–Crippen MR) is 90.1 cm³/mol. The second-order valence-corrected chi connectivity index (χ2v) is 8.04. The van der Waals surface area contributed by atoms with Crippen LogP contribution in [-0.2, 0) is 22.5 Å². The summed E-state index contributed by atoms with van der Waals surface area (Å²) in [6, 6.07) is 2.06. The van der Waals surface area contributed by atoms with Crippen LogP contribution in [0.25, 0.3) is 0 Å². The van der Waals surface area contributed by atoms with Gasteiger partial charge in [-0.2, -0.15) is 4.98 Å². The summed E-state index contributed by atoms with van der Waals surface area (Å²) in [6.07, 6.45) is 0. The summed E-state index contributed by atoms with van der Waals surface area (Å²) in [4.78, 5) is 17.4. The molecule has 1 N–H and O–H groups in total. The van der Waals surface area contributed by atoms with Crippen molar-refractivity contribution in [3.63, 3.8) is 0 Å². The fourth-order valence-corrected chi connectivity index (χ4v) is 3.19. The molecule has 0 bridgehead atoms. The fraction of sp³-hybridized carbons (Fsp3) is 0.533. The highest BCUT2D eigenvalue weighted by atomic mass is 32.2. The van der Waals surface area contributed by atoms with E-state index in [4.69, 9.17) is 4.52 Å². The molecule has 0 aliphatic heterocycles. The molecule has 0 aromatic carbocycles. The molecule has 0 aliphatic rings. The number of nitrogens with one attached hydrogen (secondary N) is 1. The molecule has 0 fully saturated rings. The fourth-order valence-electron chi connectivity index (χ4n) is 1.66. The Kier molecular flexibility index (Phi) is 5.63. The van der Waals surface area contributed by atoms with Crippen molar-refractivity contribution >= 4 is 29.0 Å². The number of carbonyl (C=O) groups is 1. The molecule has 2 rings (SSSR count). The van der Waals surface area contributed by atoms with Gasteiger partial charge in [0, 0.05) is 10.3 Å². The average molecular weight is 339 g/mol. The molecule has 0 aliphatic carbocycles. The molecule has 1 amide bonds. The van der Waals surface area contributed by atoms with Crippen LogP contribution in [0.4, 0.5) is 0 Å². The van der Waals surface area contributed by atoms with E-state index in [9.17, 15) is 4.79 Å². The molecule has 2 aromatic rings. The highest BCUT2D eigenvalue weighted by Gasteiger charge is 2.20. The van der Waals surface area contributed by atoms with E-state index in [2.05, 4.69) is 28.4 Å². The van der Waals surface area contributed by atoms with Gasteiger partial charge >= 0.3 is 0 Å². The van der Waals surface area contributed by atoms with Crippen molar-refractivity contribution in [2.45, 2.75) is 45.4 Å². The van der Waals surface area contributed by atoms with Crippen LogP contribution in [0.2, 0.25) is 0 Å². The van der Waals surface area contributed by atoms with Gasteiger partial charge in [-0.1, -0.05) is 25.9 Å². The third-order valence-electron chi connectivity index (χ3n) is 3.01. The zero-order valence-corrected chi connectivity index (χ0v) is 14.9. The van der Waals surface area contributed by atoms with Gasteiger partial charge in [-0.3, -0.25) is 4.79 Å². The summed E-state index contributed by atoms with van der Waals surface area (Å²) in [7, 11) is 0. The molecular weight excluding hydrogens is 318 g/mol. The molecule has 0 atom stereocenters. The van der Waals surface area contributed by atoms with Crippen LogP contribution in [0.15, 0.2) is 16.0 Å². The van der Waals surface area contributed by atoms with Crippen molar-refractivity contribution in [3.8, 4) is 0 Å². The molecule has 120 valence electrons. The van der Waals surface area contributed by atoms with Gasteiger partial charge in [-0.15, -0.1) is 23.1 Å². The Morgan fingerprint density at radius 3 is 2.82 bits per heavy atom. The Hall–Kier alpha value is -1.34. The first-order valence-corrected chi connectivity index (χ1v) is 9.10. The number of aromatic nitrogens is 2. The molecule has 0 saturated heterocycles. The number of amides is 1. The zero-order valence-electron chi connectivity index (χ0n) is 13.3. The monoisotopic (exact) mass is 339 g/mol. The van der Waals surface area contributed by atoms with Crippen molar-refractivity contribution in [3.05, 3.63) is 33.6 Å².